The molecule has 1 amide bonds. The molecule has 0 fully saturated rings. The molecule has 0 aliphatic heterocycles. The fraction of sp³-hybridized carbons (Fsp3) is 0.350. The van der Waals surface area contributed by atoms with Gasteiger partial charge in [0.2, 0.25) is 0 Å². The van der Waals surface area contributed by atoms with Crippen LogP contribution in [0.4, 0.5) is 0 Å². The molecule has 7 heteroatoms. The van der Waals surface area contributed by atoms with Crippen LogP contribution in [0.1, 0.15) is 19.4 Å². The molecule has 0 unspecified atom stereocenters. The average molecular weight is 374 g/mol. The van der Waals surface area contributed by atoms with Crippen molar-refractivity contribution in [1.29, 1.82) is 0 Å². The van der Waals surface area contributed by atoms with Gasteiger partial charge in [0.25, 0.3) is 5.91 Å². The van der Waals surface area contributed by atoms with Gasteiger partial charge in [0.15, 0.2) is 0 Å². The number of carbonyl (C=O) groups is 1. The summed E-state index contributed by atoms with van der Waals surface area (Å²) < 4.78 is 10.9. The SMILES string of the molecule is CCOc1ccc(-c2ccc(OC)c(CN[C@H](C(=O)NO)[C@@H](C)O)c2)cc1. The summed E-state index contributed by atoms with van der Waals surface area (Å²) in [5.41, 5.74) is 4.38. The van der Waals surface area contributed by atoms with Crippen LogP contribution < -0.4 is 20.3 Å². The number of hydroxylamine groups is 1. The molecular formula is C20H26N2O5. The second-order valence-corrected chi connectivity index (χ2v) is 6.06. The zero-order valence-electron chi connectivity index (χ0n) is 15.7. The number of carbonyl (C=O) groups excluding carboxylic acids is 1. The van der Waals surface area contributed by atoms with E-state index < -0.39 is 18.1 Å². The number of rotatable bonds is 9. The zero-order valence-corrected chi connectivity index (χ0v) is 15.7. The van der Waals surface area contributed by atoms with Crippen LogP contribution in [-0.4, -0.2) is 42.1 Å². The first-order chi connectivity index (χ1) is 13.0. The summed E-state index contributed by atoms with van der Waals surface area (Å²) in [7, 11) is 1.57. The normalized spacial score (nSPS) is 12.9. The van der Waals surface area contributed by atoms with Gasteiger partial charge < -0.3 is 14.6 Å². The minimum absolute atomic E-state index is 0.275. The number of hydrogen-bond donors (Lipinski definition) is 4. The molecule has 0 aliphatic carbocycles. The fourth-order valence-electron chi connectivity index (χ4n) is 2.78. The lowest BCUT2D eigenvalue weighted by atomic mass is 10.0. The third-order valence-corrected chi connectivity index (χ3v) is 4.17. The number of amides is 1. The minimum atomic E-state index is -0.975. The summed E-state index contributed by atoms with van der Waals surface area (Å²) in [5, 5.41) is 21.5. The first-order valence-electron chi connectivity index (χ1n) is 8.75. The molecule has 7 nitrogen and oxygen atoms in total. The number of ether oxygens (including phenoxy) is 2. The Morgan fingerprint density at radius 1 is 1.15 bits per heavy atom. The number of aliphatic hydroxyl groups excluding tert-OH is 1. The van der Waals surface area contributed by atoms with Crippen LogP contribution in [0.15, 0.2) is 42.5 Å². The van der Waals surface area contributed by atoms with E-state index in [-0.39, 0.29) is 6.54 Å². The van der Waals surface area contributed by atoms with Crippen LogP contribution in [0.5, 0.6) is 11.5 Å². The van der Waals surface area contributed by atoms with Gasteiger partial charge in [0.05, 0.1) is 19.8 Å². The van der Waals surface area contributed by atoms with Crippen molar-refractivity contribution in [1.82, 2.24) is 10.8 Å². The molecule has 2 aromatic rings. The van der Waals surface area contributed by atoms with Crippen molar-refractivity contribution in [2.45, 2.75) is 32.5 Å². The highest BCUT2D eigenvalue weighted by Gasteiger charge is 2.23. The van der Waals surface area contributed by atoms with E-state index in [0.717, 1.165) is 22.4 Å². The van der Waals surface area contributed by atoms with Gasteiger partial charge in [-0.2, -0.15) is 0 Å². The number of methoxy groups -OCH3 is 1. The first-order valence-corrected chi connectivity index (χ1v) is 8.75. The Morgan fingerprint density at radius 3 is 2.37 bits per heavy atom. The quantitative estimate of drug-likeness (QED) is 0.396. The van der Waals surface area contributed by atoms with Crippen molar-refractivity contribution in [3.8, 4) is 22.6 Å². The lowest BCUT2D eigenvalue weighted by Gasteiger charge is -2.20. The molecule has 0 saturated heterocycles. The monoisotopic (exact) mass is 374 g/mol. The summed E-state index contributed by atoms with van der Waals surface area (Å²) in [6.45, 7) is 4.30. The maximum absolute atomic E-state index is 11.7. The van der Waals surface area contributed by atoms with E-state index in [1.165, 1.54) is 6.92 Å². The maximum Gasteiger partial charge on any atom is 0.263 e. The molecule has 27 heavy (non-hydrogen) atoms. The lowest BCUT2D eigenvalue weighted by Crippen LogP contribution is -2.49. The molecule has 2 atom stereocenters. The topological polar surface area (TPSA) is 100 Å². The van der Waals surface area contributed by atoms with Crippen molar-refractivity contribution >= 4 is 5.91 Å². The summed E-state index contributed by atoms with van der Waals surface area (Å²) in [6.07, 6.45) is -0.975. The van der Waals surface area contributed by atoms with E-state index in [9.17, 15) is 9.90 Å². The standard InChI is InChI=1S/C20H26N2O5/c1-4-27-17-8-5-14(6-9-17)15-7-10-18(26-3)16(11-15)12-21-19(13(2)23)20(24)22-25/h5-11,13,19,21,23,25H,4,12H2,1-3H3,(H,22,24)/t13-,19+/m1/s1. The van der Waals surface area contributed by atoms with Crippen molar-refractivity contribution in [3.05, 3.63) is 48.0 Å². The van der Waals surface area contributed by atoms with Crippen molar-refractivity contribution in [3.63, 3.8) is 0 Å². The maximum atomic E-state index is 11.7. The van der Waals surface area contributed by atoms with Crippen LogP contribution in [0, 0.1) is 0 Å². The van der Waals surface area contributed by atoms with E-state index in [4.69, 9.17) is 14.7 Å². The van der Waals surface area contributed by atoms with Crippen LogP contribution in [0.3, 0.4) is 0 Å². The molecular weight excluding hydrogens is 348 g/mol. The van der Waals surface area contributed by atoms with Crippen LogP contribution in [-0.2, 0) is 11.3 Å². The Bertz CT molecular complexity index is 747. The predicted molar refractivity (Wildman–Crippen MR) is 102 cm³/mol. The number of benzene rings is 2. The Kier molecular flexibility index (Phi) is 7.60. The smallest absolute Gasteiger partial charge is 0.263 e. The van der Waals surface area contributed by atoms with Gasteiger partial charge in [-0.25, -0.2) is 5.48 Å². The van der Waals surface area contributed by atoms with Gasteiger partial charge in [-0.15, -0.1) is 0 Å². The highest BCUT2D eigenvalue weighted by atomic mass is 16.5. The molecule has 0 saturated carbocycles. The Morgan fingerprint density at radius 2 is 1.81 bits per heavy atom. The predicted octanol–water partition coefficient (Wildman–Crippen LogP) is 2.11. The summed E-state index contributed by atoms with van der Waals surface area (Å²) in [5.74, 6) is 0.768. The molecule has 0 spiro atoms. The molecule has 146 valence electrons. The van der Waals surface area contributed by atoms with E-state index in [1.54, 1.807) is 12.6 Å². The van der Waals surface area contributed by atoms with E-state index >= 15 is 0 Å². The van der Waals surface area contributed by atoms with Gasteiger partial charge in [0.1, 0.15) is 17.5 Å². The largest absolute Gasteiger partial charge is 0.496 e. The minimum Gasteiger partial charge on any atom is -0.496 e. The molecule has 0 bridgehead atoms. The Labute approximate surface area is 158 Å². The van der Waals surface area contributed by atoms with Crippen LogP contribution in [0.2, 0.25) is 0 Å². The van der Waals surface area contributed by atoms with Gasteiger partial charge in [-0.1, -0.05) is 18.2 Å². The molecule has 2 rings (SSSR count). The Hall–Kier alpha value is -2.61. The summed E-state index contributed by atoms with van der Waals surface area (Å²) in [4.78, 5) is 11.7. The molecule has 0 radical (unpaired) electrons. The highest BCUT2D eigenvalue weighted by Crippen LogP contribution is 2.28. The first kappa shape index (κ1) is 20.7. The molecule has 4 N–H and O–H groups in total. The molecule has 0 aliphatic rings. The molecule has 2 aromatic carbocycles. The summed E-state index contributed by atoms with van der Waals surface area (Å²) >= 11 is 0. The summed E-state index contributed by atoms with van der Waals surface area (Å²) in [6, 6.07) is 12.6. The zero-order chi connectivity index (χ0) is 19.8. The van der Waals surface area contributed by atoms with E-state index in [1.807, 2.05) is 49.4 Å². The van der Waals surface area contributed by atoms with Crippen molar-refractivity contribution in [2.75, 3.05) is 13.7 Å². The van der Waals surface area contributed by atoms with Crippen LogP contribution >= 0.6 is 0 Å². The van der Waals surface area contributed by atoms with E-state index in [2.05, 4.69) is 5.32 Å². The van der Waals surface area contributed by atoms with Gasteiger partial charge in [-0.05, 0) is 49.2 Å². The third kappa shape index (κ3) is 5.43. The molecule has 0 heterocycles. The molecule has 0 aromatic heterocycles. The number of nitrogens with one attached hydrogen (secondary N) is 2. The second kappa shape index (κ2) is 9.91. The highest BCUT2D eigenvalue weighted by molar-refractivity contribution is 5.81. The number of hydrogen-bond acceptors (Lipinski definition) is 6. The van der Waals surface area contributed by atoms with Gasteiger partial charge in [0, 0.05) is 12.1 Å². The Balaban J connectivity index is 2.22. The fourth-order valence-corrected chi connectivity index (χ4v) is 2.78. The lowest BCUT2D eigenvalue weighted by molar-refractivity contribution is -0.134. The van der Waals surface area contributed by atoms with Gasteiger partial charge >= 0.3 is 0 Å². The third-order valence-electron chi connectivity index (χ3n) is 4.17. The average Bonchev–Trinajstić information content (AvgIpc) is 2.68. The van der Waals surface area contributed by atoms with E-state index in [0.29, 0.717) is 12.4 Å². The van der Waals surface area contributed by atoms with Crippen molar-refractivity contribution in [2.24, 2.45) is 0 Å². The van der Waals surface area contributed by atoms with Gasteiger partial charge in [-0.3, -0.25) is 15.3 Å². The van der Waals surface area contributed by atoms with Crippen molar-refractivity contribution < 1.29 is 24.6 Å². The second-order valence-electron chi connectivity index (χ2n) is 6.06. The number of aliphatic hydroxyl groups is 1. The van der Waals surface area contributed by atoms with Crippen LogP contribution in [0.25, 0.3) is 11.1 Å².